The van der Waals surface area contributed by atoms with Gasteiger partial charge >= 0.3 is 6.18 Å². The van der Waals surface area contributed by atoms with Crippen molar-refractivity contribution >= 4 is 11.6 Å². The smallest absolute Gasteiger partial charge is 0.419 e. The average molecular weight is 458 g/mol. The van der Waals surface area contributed by atoms with Crippen LogP contribution in [0.4, 0.5) is 27.6 Å². The third-order valence-electron chi connectivity index (χ3n) is 6.52. The third kappa shape index (κ3) is 4.46. The lowest BCUT2D eigenvalue weighted by Gasteiger charge is -2.37. The van der Waals surface area contributed by atoms with Gasteiger partial charge in [0.05, 0.1) is 11.3 Å². The molecule has 2 aromatic rings. The summed E-state index contributed by atoms with van der Waals surface area (Å²) in [6.45, 7) is 0.815. The standard InChI is InChI=1S/C22H23F5N2O3/c23-16-10-17(24)18(9-15(16)22(25,26)27)28-13-3-5-21(6-4-13)7-8-29(12-21)20(31)19-2-1-14(11-30)32-19/h1-2,9-10,13,28,30H,3-8,11-12H2. The summed E-state index contributed by atoms with van der Waals surface area (Å²) in [7, 11) is 0. The SMILES string of the molecule is O=C(c1ccc(CO)o1)N1CCC2(CCC(Nc3cc(C(F)(F)F)c(F)cc3F)CC2)C1. The highest BCUT2D eigenvalue weighted by Crippen LogP contribution is 2.45. The molecule has 1 aromatic carbocycles. The first kappa shape index (κ1) is 22.6. The molecule has 1 spiro atoms. The maximum atomic E-state index is 14.1. The molecule has 5 nitrogen and oxygen atoms in total. The normalized spacial score (nSPS) is 23.7. The Kier molecular flexibility index (Phi) is 5.91. The predicted molar refractivity (Wildman–Crippen MR) is 105 cm³/mol. The summed E-state index contributed by atoms with van der Waals surface area (Å²) in [5.74, 6) is -2.45. The molecule has 1 aliphatic carbocycles. The molecule has 1 aliphatic heterocycles. The lowest BCUT2D eigenvalue weighted by molar-refractivity contribution is -0.140. The summed E-state index contributed by atoms with van der Waals surface area (Å²) in [5.41, 5.74) is -1.96. The maximum absolute atomic E-state index is 14.1. The Bertz CT molecular complexity index is 996. The van der Waals surface area contributed by atoms with Crippen LogP contribution in [-0.4, -0.2) is 35.0 Å². The van der Waals surface area contributed by atoms with Gasteiger partial charge in [0.25, 0.3) is 5.91 Å². The first-order valence-electron chi connectivity index (χ1n) is 10.4. The van der Waals surface area contributed by atoms with Crippen LogP contribution in [0.25, 0.3) is 0 Å². The second kappa shape index (κ2) is 8.38. The van der Waals surface area contributed by atoms with Crippen molar-refractivity contribution in [2.24, 2.45) is 5.41 Å². The summed E-state index contributed by atoms with van der Waals surface area (Å²) in [6, 6.07) is 3.58. The van der Waals surface area contributed by atoms with Gasteiger partial charge < -0.3 is 19.7 Å². The number of hydrogen-bond donors (Lipinski definition) is 2. The average Bonchev–Trinajstić information content (AvgIpc) is 3.38. The van der Waals surface area contributed by atoms with Crippen molar-refractivity contribution in [2.75, 3.05) is 18.4 Å². The van der Waals surface area contributed by atoms with Crippen LogP contribution in [0.2, 0.25) is 0 Å². The molecule has 0 atom stereocenters. The number of likely N-dealkylation sites (tertiary alicyclic amines) is 1. The summed E-state index contributed by atoms with van der Waals surface area (Å²) < 4.78 is 71.7. The fourth-order valence-corrected chi connectivity index (χ4v) is 4.72. The van der Waals surface area contributed by atoms with E-state index < -0.39 is 23.4 Å². The molecule has 10 heteroatoms. The van der Waals surface area contributed by atoms with Gasteiger partial charge in [0.1, 0.15) is 24.0 Å². The first-order valence-corrected chi connectivity index (χ1v) is 10.4. The van der Waals surface area contributed by atoms with E-state index in [4.69, 9.17) is 9.52 Å². The summed E-state index contributed by atoms with van der Waals surface area (Å²) in [6.07, 6.45) is -1.48. The third-order valence-corrected chi connectivity index (χ3v) is 6.52. The van der Waals surface area contributed by atoms with E-state index >= 15 is 0 Å². The fourth-order valence-electron chi connectivity index (χ4n) is 4.72. The van der Waals surface area contributed by atoms with Gasteiger partial charge in [0.2, 0.25) is 0 Å². The van der Waals surface area contributed by atoms with E-state index in [1.807, 2.05) is 0 Å². The van der Waals surface area contributed by atoms with Crippen molar-refractivity contribution < 1.29 is 36.3 Å². The Morgan fingerprint density at radius 1 is 1.16 bits per heavy atom. The monoisotopic (exact) mass is 458 g/mol. The second-order valence-corrected chi connectivity index (χ2v) is 8.63. The van der Waals surface area contributed by atoms with Crippen molar-refractivity contribution in [3.05, 3.63) is 53.0 Å². The van der Waals surface area contributed by atoms with Gasteiger partial charge in [-0.25, -0.2) is 8.78 Å². The zero-order valence-electron chi connectivity index (χ0n) is 17.1. The summed E-state index contributed by atoms with van der Waals surface area (Å²) in [4.78, 5) is 14.4. The molecule has 1 amide bonds. The Balaban J connectivity index is 1.37. The molecule has 0 unspecified atom stereocenters. The highest BCUT2D eigenvalue weighted by molar-refractivity contribution is 5.91. The Morgan fingerprint density at radius 2 is 1.88 bits per heavy atom. The van der Waals surface area contributed by atoms with Crippen molar-refractivity contribution in [1.29, 1.82) is 0 Å². The number of aliphatic hydroxyl groups excluding tert-OH is 1. The van der Waals surface area contributed by atoms with E-state index in [2.05, 4.69) is 5.32 Å². The number of amides is 1. The van der Waals surface area contributed by atoms with E-state index in [1.54, 1.807) is 11.0 Å². The Morgan fingerprint density at radius 3 is 2.50 bits per heavy atom. The number of hydrogen-bond acceptors (Lipinski definition) is 4. The van der Waals surface area contributed by atoms with Crippen LogP contribution in [-0.2, 0) is 12.8 Å². The number of carbonyl (C=O) groups is 1. The molecule has 1 saturated carbocycles. The van der Waals surface area contributed by atoms with Gasteiger partial charge in [-0.3, -0.25) is 4.79 Å². The number of nitrogens with zero attached hydrogens (tertiary/aromatic N) is 1. The number of alkyl halides is 3. The number of carbonyl (C=O) groups excluding carboxylic acids is 1. The van der Waals surface area contributed by atoms with Crippen LogP contribution in [0.15, 0.2) is 28.7 Å². The molecule has 2 heterocycles. The van der Waals surface area contributed by atoms with Gasteiger partial charge in [0, 0.05) is 25.2 Å². The topological polar surface area (TPSA) is 65.7 Å². The quantitative estimate of drug-likeness (QED) is 0.636. The zero-order chi connectivity index (χ0) is 23.1. The lowest BCUT2D eigenvalue weighted by atomic mass is 9.72. The number of aliphatic hydroxyl groups is 1. The number of benzene rings is 1. The minimum atomic E-state index is -4.91. The second-order valence-electron chi connectivity index (χ2n) is 8.63. The zero-order valence-corrected chi connectivity index (χ0v) is 17.1. The van der Waals surface area contributed by atoms with E-state index in [-0.39, 0.29) is 41.5 Å². The van der Waals surface area contributed by atoms with Crippen molar-refractivity contribution in [2.45, 2.75) is 50.9 Å². The highest BCUT2D eigenvalue weighted by atomic mass is 19.4. The number of furan rings is 1. The Labute approximate surface area is 181 Å². The van der Waals surface area contributed by atoms with E-state index in [0.717, 1.165) is 19.3 Å². The Hall–Kier alpha value is -2.62. The fraction of sp³-hybridized carbons (Fsp3) is 0.500. The van der Waals surface area contributed by atoms with E-state index in [0.29, 0.717) is 37.8 Å². The molecule has 0 radical (unpaired) electrons. The number of nitrogens with one attached hydrogen (secondary N) is 1. The maximum Gasteiger partial charge on any atom is 0.419 e. The van der Waals surface area contributed by atoms with Crippen LogP contribution in [0.5, 0.6) is 0 Å². The van der Waals surface area contributed by atoms with Gasteiger partial charge in [-0.1, -0.05) is 0 Å². The molecule has 4 rings (SSSR count). The molecular weight excluding hydrogens is 435 g/mol. The summed E-state index contributed by atoms with van der Waals surface area (Å²) >= 11 is 0. The van der Waals surface area contributed by atoms with Crippen LogP contribution < -0.4 is 5.32 Å². The van der Waals surface area contributed by atoms with Crippen LogP contribution in [0, 0.1) is 17.0 Å². The van der Waals surface area contributed by atoms with E-state index in [1.165, 1.54) is 6.07 Å². The van der Waals surface area contributed by atoms with Gasteiger partial charge in [-0.2, -0.15) is 13.2 Å². The molecule has 1 saturated heterocycles. The predicted octanol–water partition coefficient (Wildman–Crippen LogP) is 4.96. The molecule has 2 aliphatic rings. The molecule has 2 N–H and O–H groups in total. The molecule has 2 fully saturated rings. The largest absolute Gasteiger partial charge is 0.453 e. The molecule has 174 valence electrons. The molecular formula is C22H23F5N2O3. The number of halogens is 5. The molecule has 0 bridgehead atoms. The van der Waals surface area contributed by atoms with Crippen LogP contribution >= 0.6 is 0 Å². The molecule has 1 aromatic heterocycles. The highest BCUT2D eigenvalue weighted by Gasteiger charge is 2.43. The number of anilines is 1. The number of rotatable bonds is 4. The van der Waals surface area contributed by atoms with Gasteiger partial charge in [0.15, 0.2) is 5.76 Å². The van der Waals surface area contributed by atoms with Crippen molar-refractivity contribution in [1.82, 2.24) is 4.90 Å². The van der Waals surface area contributed by atoms with Gasteiger partial charge in [-0.05, 0) is 55.7 Å². The van der Waals surface area contributed by atoms with E-state index in [9.17, 15) is 26.7 Å². The van der Waals surface area contributed by atoms with Crippen molar-refractivity contribution in [3.63, 3.8) is 0 Å². The van der Waals surface area contributed by atoms with Gasteiger partial charge in [-0.15, -0.1) is 0 Å². The minimum Gasteiger partial charge on any atom is -0.453 e. The molecule has 32 heavy (non-hydrogen) atoms. The first-order chi connectivity index (χ1) is 15.1. The summed E-state index contributed by atoms with van der Waals surface area (Å²) in [5, 5.41) is 11.9. The van der Waals surface area contributed by atoms with Crippen LogP contribution in [0.1, 0.15) is 54.0 Å². The van der Waals surface area contributed by atoms with Crippen molar-refractivity contribution in [3.8, 4) is 0 Å². The minimum absolute atomic E-state index is 0.0985. The van der Waals surface area contributed by atoms with Crippen LogP contribution in [0.3, 0.4) is 0 Å². The lowest BCUT2D eigenvalue weighted by Crippen LogP contribution is -2.37.